The zero-order valence-electron chi connectivity index (χ0n) is 10.4. The second kappa shape index (κ2) is 4.87. The fraction of sp³-hybridized carbons (Fsp3) is 0.667. The lowest BCUT2D eigenvalue weighted by molar-refractivity contribution is -0.127. The van der Waals surface area contributed by atoms with Crippen LogP contribution in [0.2, 0.25) is 0 Å². The van der Waals surface area contributed by atoms with Crippen LogP contribution in [0, 0.1) is 12.3 Å². The maximum absolute atomic E-state index is 12.3. The molecular formula is C12H19N3O2. The Morgan fingerprint density at radius 1 is 1.59 bits per heavy atom. The van der Waals surface area contributed by atoms with E-state index < -0.39 is 0 Å². The molecule has 1 fully saturated rings. The number of nitrogens with zero attached hydrogens (tertiary/aromatic N) is 1. The smallest absolute Gasteiger partial charge is 0.233 e. The van der Waals surface area contributed by atoms with E-state index in [1.54, 1.807) is 6.07 Å². The number of hydrogen-bond acceptors (Lipinski definition) is 4. The summed E-state index contributed by atoms with van der Waals surface area (Å²) in [5.74, 6) is 0.497. The number of nitrogens with one attached hydrogen (secondary N) is 2. The molecule has 1 amide bonds. The highest BCUT2D eigenvalue weighted by molar-refractivity contribution is 5.94. The van der Waals surface area contributed by atoms with E-state index in [9.17, 15) is 4.79 Å². The van der Waals surface area contributed by atoms with E-state index in [1.807, 2.05) is 6.92 Å². The minimum absolute atomic E-state index is 0.0534. The Balaban J connectivity index is 2.07. The Labute approximate surface area is 101 Å². The molecule has 94 valence electrons. The summed E-state index contributed by atoms with van der Waals surface area (Å²) in [5, 5.41) is 9.87. The van der Waals surface area contributed by atoms with E-state index >= 15 is 0 Å². The summed E-state index contributed by atoms with van der Waals surface area (Å²) < 4.78 is 5.02. The number of piperidine rings is 1. The molecule has 1 aliphatic heterocycles. The molecule has 0 atom stereocenters. The molecule has 0 radical (unpaired) electrons. The van der Waals surface area contributed by atoms with E-state index in [0.717, 1.165) is 38.0 Å². The van der Waals surface area contributed by atoms with Crippen molar-refractivity contribution in [2.24, 2.45) is 5.41 Å². The summed E-state index contributed by atoms with van der Waals surface area (Å²) in [6.45, 7) is 5.70. The largest absolute Gasteiger partial charge is 0.338 e. The van der Waals surface area contributed by atoms with Gasteiger partial charge in [0.25, 0.3) is 0 Å². The molecule has 0 unspecified atom stereocenters. The van der Waals surface area contributed by atoms with Gasteiger partial charge in [-0.1, -0.05) is 12.1 Å². The molecule has 2 rings (SSSR count). The van der Waals surface area contributed by atoms with Crippen molar-refractivity contribution in [1.82, 2.24) is 10.5 Å². The first-order valence-corrected chi connectivity index (χ1v) is 6.12. The Bertz CT molecular complexity index is 394. The average Bonchev–Trinajstić information content (AvgIpc) is 2.75. The van der Waals surface area contributed by atoms with Crippen LogP contribution in [0.25, 0.3) is 0 Å². The minimum atomic E-state index is -0.258. The number of anilines is 1. The van der Waals surface area contributed by atoms with Crippen LogP contribution in [0.3, 0.4) is 0 Å². The highest BCUT2D eigenvalue weighted by Crippen LogP contribution is 2.33. The second-order valence-corrected chi connectivity index (χ2v) is 4.67. The molecule has 1 aromatic rings. The van der Waals surface area contributed by atoms with Crippen LogP contribution in [0.4, 0.5) is 5.88 Å². The third-order valence-corrected chi connectivity index (χ3v) is 3.58. The monoisotopic (exact) mass is 237 g/mol. The fourth-order valence-corrected chi connectivity index (χ4v) is 2.31. The zero-order chi connectivity index (χ0) is 12.3. The summed E-state index contributed by atoms with van der Waals surface area (Å²) in [6, 6.07) is 1.74. The van der Waals surface area contributed by atoms with Crippen molar-refractivity contribution < 1.29 is 9.32 Å². The number of aromatic nitrogens is 1. The first kappa shape index (κ1) is 12.1. The van der Waals surface area contributed by atoms with Crippen molar-refractivity contribution in [3.63, 3.8) is 0 Å². The number of hydrogen-bond donors (Lipinski definition) is 2. The van der Waals surface area contributed by atoms with Crippen LogP contribution in [0.5, 0.6) is 0 Å². The van der Waals surface area contributed by atoms with E-state index in [1.165, 1.54) is 0 Å². The van der Waals surface area contributed by atoms with Crippen LogP contribution >= 0.6 is 0 Å². The quantitative estimate of drug-likeness (QED) is 0.839. The number of amides is 1. The Kier molecular flexibility index (Phi) is 3.47. The minimum Gasteiger partial charge on any atom is -0.338 e. The predicted octanol–water partition coefficient (Wildman–Crippen LogP) is 1.70. The maximum Gasteiger partial charge on any atom is 0.233 e. The van der Waals surface area contributed by atoms with Gasteiger partial charge in [-0.3, -0.25) is 10.1 Å². The van der Waals surface area contributed by atoms with Gasteiger partial charge in [0.1, 0.15) is 0 Å². The molecule has 5 nitrogen and oxygen atoms in total. The summed E-state index contributed by atoms with van der Waals surface area (Å²) >= 11 is 0. The second-order valence-electron chi connectivity index (χ2n) is 4.67. The highest BCUT2D eigenvalue weighted by Gasteiger charge is 2.38. The topological polar surface area (TPSA) is 67.2 Å². The summed E-state index contributed by atoms with van der Waals surface area (Å²) in [7, 11) is 0. The van der Waals surface area contributed by atoms with Gasteiger partial charge in [0.05, 0.1) is 11.1 Å². The molecule has 1 aromatic heterocycles. The molecule has 0 spiro atoms. The van der Waals surface area contributed by atoms with E-state index in [2.05, 4.69) is 22.7 Å². The molecule has 0 aliphatic carbocycles. The number of rotatable bonds is 3. The van der Waals surface area contributed by atoms with Gasteiger partial charge in [-0.15, -0.1) is 0 Å². The normalized spacial score (nSPS) is 18.9. The lowest BCUT2D eigenvalue weighted by Gasteiger charge is -2.34. The first-order chi connectivity index (χ1) is 8.16. The molecular weight excluding hydrogens is 218 g/mol. The standard InChI is InChI=1S/C12H19N3O2/c1-3-12(4-6-13-7-5-12)11(16)14-10-8-9(2)15-17-10/h8,13H,3-7H2,1-2H3,(H,14,16). The van der Waals surface area contributed by atoms with Gasteiger partial charge in [0.2, 0.25) is 11.8 Å². The van der Waals surface area contributed by atoms with Crippen molar-refractivity contribution in [2.45, 2.75) is 33.1 Å². The van der Waals surface area contributed by atoms with Crippen molar-refractivity contribution in [2.75, 3.05) is 18.4 Å². The zero-order valence-corrected chi connectivity index (χ0v) is 10.4. The molecule has 0 saturated carbocycles. The summed E-state index contributed by atoms with van der Waals surface area (Å²) in [4.78, 5) is 12.3. The summed E-state index contributed by atoms with van der Waals surface area (Å²) in [6.07, 6.45) is 2.61. The molecule has 5 heteroatoms. The molecule has 1 saturated heterocycles. The maximum atomic E-state index is 12.3. The molecule has 0 aromatic carbocycles. The molecule has 2 N–H and O–H groups in total. The van der Waals surface area contributed by atoms with Gasteiger partial charge in [-0.05, 0) is 39.3 Å². The molecule has 17 heavy (non-hydrogen) atoms. The molecule has 1 aliphatic rings. The van der Waals surface area contributed by atoms with Crippen molar-refractivity contribution >= 4 is 11.8 Å². The van der Waals surface area contributed by atoms with Crippen LogP contribution < -0.4 is 10.6 Å². The predicted molar refractivity (Wildman–Crippen MR) is 64.7 cm³/mol. The average molecular weight is 237 g/mol. The van der Waals surface area contributed by atoms with Crippen LogP contribution in [-0.2, 0) is 4.79 Å². The van der Waals surface area contributed by atoms with Gasteiger partial charge < -0.3 is 9.84 Å². The van der Waals surface area contributed by atoms with E-state index in [-0.39, 0.29) is 11.3 Å². The third-order valence-electron chi connectivity index (χ3n) is 3.58. The van der Waals surface area contributed by atoms with Gasteiger partial charge in [-0.2, -0.15) is 0 Å². The Morgan fingerprint density at radius 2 is 2.29 bits per heavy atom. The van der Waals surface area contributed by atoms with E-state index in [4.69, 9.17) is 4.52 Å². The molecule has 2 heterocycles. The van der Waals surface area contributed by atoms with Crippen molar-refractivity contribution in [3.8, 4) is 0 Å². The number of carbonyl (C=O) groups is 1. The highest BCUT2D eigenvalue weighted by atomic mass is 16.5. The molecule has 0 bridgehead atoms. The lowest BCUT2D eigenvalue weighted by Crippen LogP contribution is -2.44. The van der Waals surface area contributed by atoms with Crippen molar-refractivity contribution in [3.05, 3.63) is 11.8 Å². The van der Waals surface area contributed by atoms with Crippen LogP contribution in [0.1, 0.15) is 31.9 Å². The lowest BCUT2D eigenvalue weighted by atomic mass is 9.76. The first-order valence-electron chi connectivity index (χ1n) is 6.12. The van der Waals surface area contributed by atoms with Gasteiger partial charge in [-0.25, -0.2) is 0 Å². The number of carbonyl (C=O) groups excluding carboxylic acids is 1. The van der Waals surface area contributed by atoms with Gasteiger partial charge >= 0.3 is 0 Å². The number of aryl methyl sites for hydroxylation is 1. The fourth-order valence-electron chi connectivity index (χ4n) is 2.31. The van der Waals surface area contributed by atoms with Gasteiger partial charge in [0, 0.05) is 6.07 Å². The van der Waals surface area contributed by atoms with Crippen LogP contribution in [0.15, 0.2) is 10.6 Å². The van der Waals surface area contributed by atoms with Crippen LogP contribution in [-0.4, -0.2) is 24.2 Å². The van der Waals surface area contributed by atoms with E-state index in [0.29, 0.717) is 5.88 Å². The Hall–Kier alpha value is -1.36. The SMILES string of the molecule is CCC1(C(=O)Nc2cc(C)no2)CCNCC1. The van der Waals surface area contributed by atoms with Gasteiger partial charge in [0.15, 0.2) is 0 Å². The summed E-state index contributed by atoms with van der Waals surface area (Å²) in [5.41, 5.74) is 0.516. The van der Waals surface area contributed by atoms with Crippen molar-refractivity contribution in [1.29, 1.82) is 0 Å². The third kappa shape index (κ3) is 2.49. The Morgan fingerprint density at radius 3 is 2.82 bits per heavy atom.